The van der Waals surface area contributed by atoms with E-state index in [9.17, 15) is 0 Å². The summed E-state index contributed by atoms with van der Waals surface area (Å²) in [6, 6.07) is 0. The number of hydrogen-bond donors (Lipinski definition) is 0. The first kappa shape index (κ1) is 15.1. The van der Waals surface area contributed by atoms with Crippen LogP contribution in [0, 0.1) is 23.7 Å². The van der Waals surface area contributed by atoms with Crippen molar-refractivity contribution in [1.82, 2.24) is 0 Å². The van der Waals surface area contributed by atoms with Gasteiger partial charge in [0.25, 0.3) is 0 Å². The first-order valence-corrected chi connectivity index (χ1v) is 8.96. The zero-order valence-electron chi connectivity index (χ0n) is 13.2. The van der Waals surface area contributed by atoms with Gasteiger partial charge in [-0.05, 0) is 69.1 Å². The standard InChI is InChI=1S/C19H34.2H2/c1-3-5-7-17-10-14-19(15-11-17)18-12-8-16(6-4-2)9-13-18;;/h4,6,16-19H,3,5,7-15H2,1-2H3;2*1H/b6-4+;;. The Kier molecular flexibility index (Phi) is 6.47. The van der Waals surface area contributed by atoms with Gasteiger partial charge in [-0.2, -0.15) is 0 Å². The predicted octanol–water partition coefficient (Wildman–Crippen LogP) is 6.86. The average molecular weight is 267 g/mol. The van der Waals surface area contributed by atoms with E-state index >= 15 is 0 Å². The summed E-state index contributed by atoms with van der Waals surface area (Å²) >= 11 is 0. The second kappa shape index (κ2) is 8.12. The van der Waals surface area contributed by atoms with Crippen LogP contribution in [0.1, 0.15) is 87.3 Å². The van der Waals surface area contributed by atoms with Crippen molar-refractivity contribution >= 4 is 0 Å². The molecule has 0 aromatic heterocycles. The van der Waals surface area contributed by atoms with E-state index in [0.29, 0.717) is 0 Å². The first-order chi connectivity index (χ1) is 9.33. The van der Waals surface area contributed by atoms with Crippen LogP contribution in [0.3, 0.4) is 0 Å². The molecule has 2 fully saturated rings. The highest BCUT2D eigenvalue weighted by atomic mass is 14.3. The minimum Gasteiger partial charge on any atom is -0.0914 e. The summed E-state index contributed by atoms with van der Waals surface area (Å²) < 4.78 is 0. The molecule has 0 nitrogen and oxygen atoms in total. The van der Waals surface area contributed by atoms with E-state index < -0.39 is 0 Å². The molecule has 0 amide bonds. The molecule has 2 saturated carbocycles. The maximum atomic E-state index is 2.44. The zero-order chi connectivity index (χ0) is 13.5. The monoisotopic (exact) mass is 266 g/mol. The van der Waals surface area contributed by atoms with Gasteiger partial charge in [0.05, 0.1) is 0 Å². The average Bonchev–Trinajstić information content (AvgIpc) is 2.47. The first-order valence-electron chi connectivity index (χ1n) is 8.96. The Hall–Kier alpha value is -0.260. The van der Waals surface area contributed by atoms with Gasteiger partial charge in [-0.15, -0.1) is 0 Å². The molecule has 2 rings (SSSR count). The van der Waals surface area contributed by atoms with Crippen molar-refractivity contribution in [1.29, 1.82) is 0 Å². The third kappa shape index (κ3) is 4.65. The van der Waals surface area contributed by atoms with Crippen LogP contribution in [-0.4, -0.2) is 0 Å². The zero-order valence-corrected chi connectivity index (χ0v) is 13.2. The molecule has 0 aliphatic heterocycles. The van der Waals surface area contributed by atoms with Crippen LogP contribution in [0.15, 0.2) is 12.2 Å². The largest absolute Gasteiger partial charge is 0.0914 e. The summed E-state index contributed by atoms with van der Waals surface area (Å²) in [4.78, 5) is 0. The van der Waals surface area contributed by atoms with Crippen molar-refractivity contribution in [2.45, 2.75) is 84.5 Å². The normalized spacial score (nSPS) is 36.7. The summed E-state index contributed by atoms with van der Waals surface area (Å²) in [6.45, 7) is 4.50. The van der Waals surface area contributed by atoms with Crippen LogP contribution in [0.25, 0.3) is 0 Å². The van der Waals surface area contributed by atoms with Gasteiger partial charge < -0.3 is 0 Å². The summed E-state index contributed by atoms with van der Waals surface area (Å²) in [5, 5.41) is 0. The van der Waals surface area contributed by atoms with Crippen molar-refractivity contribution in [3.8, 4) is 0 Å². The van der Waals surface area contributed by atoms with E-state index in [-0.39, 0.29) is 2.85 Å². The van der Waals surface area contributed by atoms with E-state index in [1.54, 1.807) is 25.7 Å². The van der Waals surface area contributed by atoms with Crippen molar-refractivity contribution in [2.75, 3.05) is 0 Å². The molecule has 2 aliphatic carbocycles. The third-order valence-electron chi connectivity index (χ3n) is 5.81. The van der Waals surface area contributed by atoms with E-state index in [1.165, 1.54) is 44.9 Å². The minimum atomic E-state index is 0. The number of rotatable bonds is 5. The van der Waals surface area contributed by atoms with Gasteiger partial charge in [0.1, 0.15) is 0 Å². The Morgan fingerprint density at radius 2 is 1.47 bits per heavy atom. The lowest BCUT2D eigenvalue weighted by atomic mass is 9.68. The van der Waals surface area contributed by atoms with Crippen molar-refractivity contribution in [3.63, 3.8) is 0 Å². The Labute approximate surface area is 124 Å². The van der Waals surface area contributed by atoms with Gasteiger partial charge in [0.15, 0.2) is 0 Å². The quantitative estimate of drug-likeness (QED) is 0.477. The predicted molar refractivity (Wildman–Crippen MR) is 89.5 cm³/mol. The van der Waals surface area contributed by atoms with Crippen LogP contribution in [-0.2, 0) is 0 Å². The van der Waals surface area contributed by atoms with E-state index in [2.05, 4.69) is 26.0 Å². The summed E-state index contributed by atoms with van der Waals surface area (Å²) in [6.07, 6.45) is 21.2. The molecule has 0 heteroatoms. The SMILES string of the molecule is C/C=C/C1CCC(C2CCC(CCCC)CC2)CC1.[HH].[HH]. The molecule has 0 bridgehead atoms. The topological polar surface area (TPSA) is 0 Å². The van der Waals surface area contributed by atoms with Crippen molar-refractivity contribution in [2.24, 2.45) is 23.7 Å². The van der Waals surface area contributed by atoms with Crippen molar-refractivity contribution < 1.29 is 2.85 Å². The molecule has 114 valence electrons. The Morgan fingerprint density at radius 3 is 2.00 bits per heavy atom. The Balaban J connectivity index is 0.00000200. The van der Waals surface area contributed by atoms with Gasteiger partial charge in [-0.1, -0.05) is 51.2 Å². The second-order valence-corrected chi connectivity index (χ2v) is 7.12. The number of unbranched alkanes of at least 4 members (excludes halogenated alkanes) is 1. The third-order valence-corrected chi connectivity index (χ3v) is 5.81. The maximum Gasteiger partial charge on any atom is 0 e. The molecule has 0 unspecified atom stereocenters. The Bertz CT molecular complexity index is 259. The minimum absolute atomic E-state index is 0. The fourth-order valence-corrected chi connectivity index (χ4v) is 4.52. The molecule has 0 N–H and O–H groups in total. The molecule has 0 atom stereocenters. The summed E-state index contributed by atoms with van der Waals surface area (Å²) in [5.74, 6) is 4.15. The number of allylic oxidation sites excluding steroid dienone is 2. The fraction of sp³-hybridized carbons (Fsp3) is 0.895. The van der Waals surface area contributed by atoms with Gasteiger partial charge >= 0.3 is 0 Å². The highest BCUT2D eigenvalue weighted by molar-refractivity contribution is 4.90. The van der Waals surface area contributed by atoms with Crippen LogP contribution in [0.5, 0.6) is 0 Å². The summed E-state index contributed by atoms with van der Waals surface area (Å²) in [5.41, 5.74) is 0. The second-order valence-electron chi connectivity index (χ2n) is 7.12. The lowest BCUT2D eigenvalue weighted by Gasteiger charge is -2.37. The van der Waals surface area contributed by atoms with E-state index in [0.717, 1.165) is 23.7 Å². The lowest BCUT2D eigenvalue weighted by Crippen LogP contribution is -2.25. The van der Waals surface area contributed by atoms with E-state index in [1.807, 2.05) is 0 Å². The molecule has 2 aliphatic rings. The van der Waals surface area contributed by atoms with Crippen LogP contribution in [0.4, 0.5) is 0 Å². The molecular weight excluding hydrogens is 228 g/mol. The molecule has 19 heavy (non-hydrogen) atoms. The van der Waals surface area contributed by atoms with Gasteiger partial charge in [0, 0.05) is 2.85 Å². The molecule has 0 spiro atoms. The molecular formula is C19H38. The molecule has 0 aromatic rings. The lowest BCUT2D eigenvalue weighted by molar-refractivity contribution is 0.151. The van der Waals surface area contributed by atoms with Crippen LogP contribution >= 0.6 is 0 Å². The van der Waals surface area contributed by atoms with Gasteiger partial charge in [-0.25, -0.2) is 0 Å². The van der Waals surface area contributed by atoms with Gasteiger partial charge in [-0.3, -0.25) is 0 Å². The van der Waals surface area contributed by atoms with Crippen molar-refractivity contribution in [3.05, 3.63) is 12.2 Å². The van der Waals surface area contributed by atoms with Gasteiger partial charge in [0.2, 0.25) is 0 Å². The molecule has 0 aromatic carbocycles. The molecule has 0 radical (unpaired) electrons. The number of hydrogen-bond acceptors (Lipinski definition) is 0. The van der Waals surface area contributed by atoms with Crippen LogP contribution in [0.2, 0.25) is 0 Å². The molecule has 0 saturated heterocycles. The smallest absolute Gasteiger partial charge is 0 e. The summed E-state index contributed by atoms with van der Waals surface area (Å²) in [7, 11) is 0. The molecule has 0 heterocycles. The fourth-order valence-electron chi connectivity index (χ4n) is 4.52. The maximum absolute atomic E-state index is 2.44. The van der Waals surface area contributed by atoms with Crippen LogP contribution < -0.4 is 0 Å². The van der Waals surface area contributed by atoms with E-state index in [4.69, 9.17) is 0 Å². The highest BCUT2D eigenvalue weighted by Crippen LogP contribution is 2.42. The highest BCUT2D eigenvalue weighted by Gasteiger charge is 2.29. The Morgan fingerprint density at radius 1 is 0.895 bits per heavy atom.